The molecule has 0 rings (SSSR count). The summed E-state index contributed by atoms with van der Waals surface area (Å²) in [6.45, 7) is 4.45. The van der Waals surface area contributed by atoms with Crippen LogP contribution in [-0.4, -0.2) is 82.3 Å². The summed E-state index contributed by atoms with van der Waals surface area (Å²) in [5, 5.41) is 11.8. The summed E-state index contributed by atoms with van der Waals surface area (Å²) in [5.74, 6) is -2.35. The van der Waals surface area contributed by atoms with Crippen molar-refractivity contribution in [1.82, 2.24) is 0 Å². The van der Waals surface area contributed by atoms with Gasteiger partial charge >= 0.3 is 11.9 Å². The van der Waals surface area contributed by atoms with E-state index in [4.69, 9.17) is 18.9 Å². The van der Waals surface area contributed by atoms with Gasteiger partial charge in [-0.05, 0) is 128 Å². The van der Waals surface area contributed by atoms with Crippen LogP contribution in [0.1, 0.15) is 206 Å². The van der Waals surface area contributed by atoms with Crippen LogP contribution in [0.5, 0.6) is 0 Å². The molecule has 81 heavy (non-hydrogen) atoms. The van der Waals surface area contributed by atoms with Gasteiger partial charge in [-0.25, -0.2) is 0 Å². The number of nitrogens with zero attached hydrogens (tertiary/aromatic N) is 1. The Labute approximate surface area is 495 Å². The largest absolute Gasteiger partial charge is 0.545 e. The highest BCUT2D eigenvalue weighted by Crippen LogP contribution is 2.13. The van der Waals surface area contributed by atoms with Gasteiger partial charge in [0.05, 0.1) is 40.3 Å². The molecule has 0 fully saturated rings. The molecule has 0 amide bonds. The third-order valence-electron chi connectivity index (χ3n) is 12.5. The van der Waals surface area contributed by atoms with Gasteiger partial charge in [-0.3, -0.25) is 9.59 Å². The van der Waals surface area contributed by atoms with Crippen LogP contribution in [0, 0.1) is 0 Å². The molecule has 0 aromatic rings. The van der Waals surface area contributed by atoms with Crippen LogP contribution >= 0.6 is 0 Å². The number of carboxylic acids is 1. The number of carboxylic acid groups (broad SMARTS) is 1. The molecule has 2 atom stereocenters. The summed E-state index contributed by atoms with van der Waals surface area (Å²) in [6.07, 6.45) is 88.3. The Morgan fingerprint density at radius 1 is 0.370 bits per heavy atom. The third kappa shape index (κ3) is 62.1. The van der Waals surface area contributed by atoms with E-state index in [0.29, 0.717) is 17.4 Å². The molecule has 0 aromatic heterocycles. The summed E-state index contributed by atoms with van der Waals surface area (Å²) in [7, 11) is 5.90. The lowest BCUT2D eigenvalue weighted by Gasteiger charge is -2.26. The number of hydrogen-bond donors (Lipinski definition) is 0. The Morgan fingerprint density at radius 2 is 0.667 bits per heavy atom. The Morgan fingerprint density at radius 3 is 0.988 bits per heavy atom. The highest BCUT2D eigenvalue weighted by molar-refractivity contribution is 5.70. The summed E-state index contributed by atoms with van der Waals surface area (Å²) in [4.78, 5) is 37.4. The average molecular weight is 1120 g/mol. The van der Waals surface area contributed by atoms with Gasteiger partial charge in [-0.2, -0.15) is 0 Å². The highest BCUT2D eigenvalue weighted by Gasteiger charge is 2.22. The molecule has 0 radical (unpaired) electrons. The van der Waals surface area contributed by atoms with Gasteiger partial charge in [-0.1, -0.05) is 235 Å². The molecule has 0 aromatic carbocycles. The summed E-state index contributed by atoms with van der Waals surface area (Å²) in [5.41, 5.74) is 0. The number of aliphatic carboxylic acids is 1. The van der Waals surface area contributed by atoms with Crippen molar-refractivity contribution in [3.05, 3.63) is 170 Å². The Bertz CT molecular complexity index is 1930. The van der Waals surface area contributed by atoms with E-state index >= 15 is 0 Å². The summed E-state index contributed by atoms with van der Waals surface area (Å²) in [6, 6.07) is 0. The minimum Gasteiger partial charge on any atom is -0.545 e. The van der Waals surface area contributed by atoms with E-state index in [1.807, 2.05) is 21.1 Å². The maximum absolute atomic E-state index is 12.9. The molecule has 454 valence electrons. The number of quaternary nitrogens is 1. The van der Waals surface area contributed by atoms with Gasteiger partial charge in [-0.15, -0.1) is 0 Å². The van der Waals surface area contributed by atoms with E-state index in [9.17, 15) is 19.5 Å². The van der Waals surface area contributed by atoms with Gasteiger partial charge < -0.3 is 33.3 Å². The van der Waals surface area contributed by atoms with Crippen LogP contribution in [0.15, 0.2) is 170 Å². The van der Waals surface area contributed by atoms with Gasteiger partial charge in [0.1, 0.15) is 13.2 Å². The van der Waals surface area contributed by atoms with Crippen molar-refractivity contribution in [2.24, 2.45) is 0 Å². The van der Waals surface area contributed by atoms with Crippen molar-refractivity contribution in [2.45, 2.75) is 219 Å². The molecule has 0 N–H and O–H groups in total. The van der Waals surface area contributed by atoms with Crippen LogP contribution in [0.2, 0.25) is 0 Å². The molecule has 9 nitrogen and oxygen atoms in total. The van der Waals surface area contributed by atoms with E-state index in [1.54, 1.807) is 0 Å². The quantitative estimate of drug-likeness (QED) is 0.0195. The van der Waals surface area contributed by atoms with Crippen molar-refractivity contribution in [3.8, 4) is 0 Å². The highest BCUT2D eigenvalue weighted by atomic mass is 16.7. The molecule has 2 unspecified atom stereocenters. The molecule has 0 aliphatic rings. The molecule has 0 aliphatic heterocycles. The Kier molecular flexibility index (Phi) is 56.7. The second-order valence-corrected chi connectivity index (χ2v) is 21.2. The van der Waals surface area contributed by atoms with Crippen LogP contribution in [-0.2, 0) is 33.3 Å². The number of esters is 2. The molecular weight excluding hydrogens is 1010 g/mol. The summed E-state index contributed by atoms with van der Waals surface area (Å²) >= 11 is 0. The molecule has 0 bridgehead atoms. The molecule has 0 saturated heterocycles. The van der Waals surface area contributed by atoms with Crippen molar-refractivity contribution < 1.29 is 42.9 Å². The number of allylic oxidation sites excluding steroid dienone is 28. The number of unbranched alkanes of at least 4 members (excludes halogenated alkanes) is 12. The molecule has 9 heteroatoms. The zero-order chi connectivity index (χ0) is 59.1. The molecule has 0 heterocycles. The van der Waals surface area contributed by atoms with Crippen molar-refractivity contribution in [3.63, 3.8) is 0 Å². The standard InChI is InChI=1S/C72H113NO8/c1-6-8-10-12-14-16-18-20-22-24-26-28-29-30-31-32-33-34-35-36-37-38-39-40-41-43-45-47-49-51-53-55-57-59-61-63-70(75)81-68(67-80-72(71(76)77)78-65-64-73(3,4)5)66-79-69(74)62-60-58-56-54-52-50-48-46-44-42-27-25-23-21-19-17-15-13-11-9-7-2/h8-11,14-17,20-23,26-28,30-31,33-34,36-37,39-40,42-43,45,49,51,68,72H,6-7,12-13,18-19,24-25,29,32,35,38,41,44,46-48,50,52-67H2,1-5H3/b10-8-,11-9-,16-14-,17-15-,22-20-,23-21-,28-26-,31-30-,34-33-,37-36-,40-39-,42-27-,45-43-,51-49-. The van der Waals surface area contributed by atoms with Crippen LogP contribution in [0.3, 0.4) is 0 Å². The predicted octanol–water partition coefficient (Wildman–Crippen LogP) is 17.8. The maximum atomic E-state index is 12.9. The number of rotatable bonds is 55. The fourth-order valence-electron chi connectivity index (χ4n) is 7.73. The van der Waals surface area contributed by atoms with Crippen LogP contribution in [0.25, 0.3) is 0 Å². The van der Waals surface area contributed by atoms with Gasteiger partial charge in [0.25, 0.3) is 0 Å². The number of likely N-dealkylation sites (N-methyl/N-ethyl adjacent to an activating group) is 1. The van der Waals surface area contributed by atoms with Gasteiger partial charge in [0, 0.05) is 12.8 Å². The van der Waals surface area contributed by atoms with Crippen LogP contribution < -0.4 is 5.11 Å². The first-order chi connectivity index (χ1) is 39.6. The van der Waals surface area contributed by atoms with Crippen molar-refractivity contribution in [1.29, 1.82) is 0 Å². The minimum absolute atomic E-state index is 0.131. The second kappa shape index (κ2) is 60.7. The lowest BCUT2D eigenvalue weighted by Crippen LogP contribution is -2.44. The topological polar surface area (TPSA) is 111 Å². The first-order valence-electron chi connectivity index (χ1n) is 31.3. The molecule has 0 saturated carbocycles. The number of ether oxygens (including phenoxy) is 4. The number of hydrogen-bond acceptors (Lipinski definition) is 8. The zero-order valence-corrected chi connectivity index (χ0v) is 51.6. The lowest BCUT2D eigenvalue weighted by atomic mass is 10.1. The first-order valence-corrected chi connectivity index (χ1v) is 31.3. The fourth-order valence-corrected chi connectivity index (χ4v) is 7.73. The zero-order valence-electron chi connectivity index (χ0n) is 51.6. The van der Waals surface area contributed by atoms with E-state index in [-0.39, 0.29) is 38.6 Å². The fraction of sp³-hybridized carbons (Fsp3) is 0.569. The smallest absolute Gasteiger partial charge is 0.306 e. The van der Waals surface area contributed by atoms with Gasteiger partial charge in [0.15, 0.2) is 12.4 Å². The average Bonchev–Trinajstić information content (AvgIpc) is 3.44. The molecular formula is C72H113NO8. The lowest BCUT2D eigenvalue weighted by molar-refractivity contribution is -0.870. The normalized spacial score (nSPS) is 13.9. The number of carbonyl (C=O) groups is 3. The predicted molar refractivity (Wildman–Crippen MR) is 342 cm³/mol. The van der Waals surface area contributed by atoms with E-state index in [2.05, 4.69) is 184 Å². The van der Waals surface area contributed by atoms with Gasteiger partial charge in [0.2, 0.25) is 0 Å². The van der Waals surface area contributed by atoms with E-state index < -0.39 is 24.3 Å². The molecule has 0 spiro atoms. The van der Waals surface area contributed by atoms with Crippen LogP contribution in [0.4, 0.5) is 0 Å². The Hall–Kier alpha value is -5.35. The summed E-state index contributed by atoms with van der Waals surface area (Å²) < 4.78 is 22.7. The van der Waals surface area contributed by atoms with E-state index in [0.717, 1.165) is 148 Å². The van der Waals surface area contributed by atoms with Crippen molar-refractivity contribution in [2.75, 3.05) is 47.5 Å². The monoisotopic (exact) mass is 1120 g/mol. The first kappa shape index (κ1) is 75.7. The number of carbonyl (C=O) groups excluding carboxylic acids is 3. The van der Waals surface area contributed by atoms with E-state index in [1.165, 1.54) is 25.7 Å². The second-order valence-electron chi connectivity index (χ2n) is 21.2. The third-order valence-corrected chi connectivity index (χ3v) is 12.5. The SMILES string of the molecule is CC/C=C\C/C=C\C/C=C\C/C=C\C/C=C\C/C=C\C/C=C\C/C=C\C/C=C\C/C=C\CCCCCCC(=O)OC(COC(=O)CCCCCCCCCC/C=C\C/C=C\C/C=C\C/C=C\CC)COC(OCC[N+](C)(C)C)C(=O)[O-]. The Balaban J connectivity index is 4.33. The molecule has 0 aliphatic carbocycles. The minimum atomic E-state index is -1.64. The maximum Gasteiger partial charge on any atom is 0.306 e. The van der Waals surface area contributed by atoms with Crippen molar-refractivity contribution >= 4 is 17.9 Å².